The highest BCUT2D eigenvalue weighted by atomic mass is 79.9. The van der Waals surface area contributed by atoms with Crippen LogP contribution in [-0.4, -0.2) is 0 Å². The van der Waals surface area contributed by atoms with Crippen LogP contribution in [0.15, 0.2) is 56.1 Å². The lowest BCUT2D eigenvalue weighted by Crippen LogP contribution is -2.10. The summed E-state index contributed by atoms with van der Waals surface area (Å²) in [5.41, 5.74) is 8.28. The molecule has 33 heavy (non-hydrogen) atoms. The van der Waals surface area contributed by atoms with Crippen molar-refractivity contribution in [3.8, 4) is 22.3 Å². The average Bonchev–Trinajstić information content (AvgIpc) is 3.34. The molecule has 0 fully saturated rings. The van der Waals surface area contributed by atoms with E-state index in [-0.39, 0.29) is 10.8 Å². The molecule has 0 unspecified atom stereocenters. The monoisotopic (exact) mass is 616 g/mol. The minimum absolute atomic E-state index is 0.162. The van der Waals surface area contributed by atoms with Gasteiger partial charge in [-0.05, 0) is 64.9 Å². The summed E-state index contributed by atoms with van der Waals surface area (Å²) in [4.78, 5) is 0. The van der Waals surface area contributed by atoms with E-state index in [2.05, 4.69) is 122 Å². The Morgan fingerprint density at radius 1 is 0.485 bits per heavy atom. The first-order valence-corrected chi connectivity index (χ1v) is 15.0. The van der Waals surface area contributed by atoms with Gasteiger partial charge < -0.3 is 0 Å². The Morgan fingerprint density at radius 3 is 1.12 bits per heavy atom. The van der Waals surface area contributed by atoms with Gasteiger partial charge in [0.1, 0.15) is 0 Å². The lowest BCUT2D eigenvalue weighted by molar-refractivity contribution is 0.590. The molecule has 0 aliphatic rings. The van der Waals surface area contributed by atoms with Crippen LogP contribution in [0.5, 0.6) is 0 Å². The van der Waals surface area contributed by atoms with E-state index in [0.717, 1.165) is 0 Å². The number of hydrogen-bond acceptors (Lipinski definition) is 3. The van der Waals surface area contributed by atoms with Crippen LogP contribution in [0.1, 0.15) is 52.7 Å². The van der Waals surface area contributed by atoms with Crippen LogP contribution < -0.4 is 0 Å². The van der Waals surface area contributed by atoms with Crippen molar-refractivity contribution in [1.82, 2.24) is 0 Å². The van der Waals surface area contributed by atoms with E-state index in [1.54, 1.807) is 0 Å². The van der Waals surface area contributed by atoms with Crippen molar-refractivity contribution in [2.75, 3.05) is 0 Å². The molecule has 0 spiro atoms. The van der Waals surface area contributed by atoms with Gasteiger partial charge in [0, 0.05) is 11.1 Å². The number of benzene rings is 2. The zero-order valence-electron chi connectivity index (χ0n) is 19.6. The van der Waals surface area contributed by atoms with Gasteiger partial charge in [-0.25, -0.2) is 0 Å². The van der Waals surface area contributed by atoms with Crippen molar-refractivity contribution in [2.24, 2.45) is 0 Å². The van der Waals surface area contributed by atoms with Crippen LogP contribution in [0.2, 0.25) is 0 Å². The van der Waals surface area contributed by atoms with E-state index in [1.807, 2.05) is 34.0 Å². The van der Waals surface area contributed by atoms with E-state index in [1.165, 1.54) is 59.8 Å². The van der Waals surface area contributed by atoms with Crippen molar-refractivity contribution in [3.63, 3.8) is 0 Å². The standard InChI is InChI=1S/C28H26Br2S3/c1-27(2,3)17-11-7-15(8-12-17)19-21-23(32-25(19)29)24-22(31-21)20(26(30)33-24)16-9-13-18(14-10-16)28(4,5)6/h7-14H,1-6H3. The molecule has 5 rings (SSSR count). The lowest BCUT2D eigenvalue weighted by Gasteiger charge is -2.19. The predicted molar refractivity (Wildman–Crippen MR) is 159 cm³/mol. The van der Waals surface area contributed by atoms with Crippen molar-refractivity contribution in [2.45, 2.75) is 52.4 Å². The van der Waals surface area contributed by atoms with Crippen molar-refractivity contribution >= 4 is 84.7 Å². The van der Waals surface area contributed by atoms with Crippen molar-refractivity contribution in [1.29, 1.82) is 0 Å². The van der Waals surface area contributed by atoms with Gasteiger partial charge in [-0.1, -0.05) is 90.1 Å². The number of hydrogen-bond donors (Lipinski definition) is 0. The molecule has 3 aromatic heterocycles. The first-order chi connectivity index (χ1) is 15.4. The molecule has 0 bridgehead atoms. The van der Waals surface area contributed by atoms with Crippen molar-refractivity contribution < 1.29 is 0 Å². The van der Waals surface area contributed by atoms with Gasteiger partial charge in [-0.15, -0.1) is 34.0 Å². The first kappa shape index (κ1) is 23.7. The molecular weight excluding hydrogens is 592 g/mol. The summed E-state index contributed by atoms with van der Waals surface area (Å²) in [7, 11) is 0. The van der Waals surface area contributed by atoms with Crippen LogP contribution in [0.25, 0.3) is 41.1 Å². The van der Waals surface area contributed by atoms with Gasteiger partial charge in [0.15, 0.2) is 0 Å². The maximum Gasteiger partial charge on any atom is 0.0798 e. The quantitative estimate of drug-likeness (QED) is 0.185. The Bertz CT molecular complexity index is 1350. The molecule has 0 saturated carbocycles. The zero-order valence-corrected chi connectivity index (χ0v) is 25.2. The highest BCUT2D eigenvalue weighted by Gasteiger charge is 2.24. The van der Waals surface area contributed by atoms with Gasteiger partial charge in [0.2, 0.25) is 0 Å². The smallest absolute Gasteiger partial charge is 0.0798 e. The fourth-order valence-corrected chi connectivity index (χ4v) is 10.3. The maximum absolute atomic E-state index is 3.88. The van der Waals surface area contributed by atoms with E-state index < -0.39 is 0 Å². The fourth-order valence-electron chi connectivity index (χ4n) is 4.14. The minimum atomic E-state index is 0.162. The summed E-state index contributed by atoms with van der Waals surface area (Å²) < 4.78 is 7.98. The molecule has 0 radical (unpaired) electrons. The Hall–Kier alpha value is -0.980. The number of thiophene rings is 3. The summed E-state index contributed by atoms with van der Waals surface area (Å²) in [6.45, 7) is 13.6. The molecule has 0 aliphatic carbocycles. The topological polar surface area (TPSA) is 0 Å². The highest BCUT2D eigenvalue weighted by Crippen LogP contribution is 2.55. The molecule has 0 N–H and O–H groups in total. The van der Waals surface area contributed by atoms with Crippen molar-refractivity contribution in [3.05, 3.63) is 67.2 Å². The summed E-state index contributed by atoms with van der Waals surface area (Å²) in [6, 6.07) is 18.2. The van der Waals surface area contributed by atoms with E-state index in [4.69, 9.17) is 0 Å². The van der Waals surface area contributed by atoms with Crippen LogP contribution >= 0.6 is 65.9 Å². The van der Waals surface area contributed by atoms with Crippen LogP contribution in [-0.2, 0) is 10.8 Å². The Kier molecular flexibility index (Phi) is 5.98. The summed E-state index contributed by atoms with van der Waals surface area (Å²) in [6.07, 6.45) is 0. The molecule has 2 aromatic carbocycles. The molecule has 0 amide bonds. The van der Waals surface area contributed by atoms with Gasteiger partial charge >= 0.3 is 0 Å². The normalized spacial score (nSPS) is 12.8. The fraction of sp³-hybridized carbons (Fsp3) is 0.286. The predicted octanol–water partition coefficient (Wildman–Crippen LogP) is 11.6. The summed E-state index contributed by atoms with van der Waals surface area (Å²) in [5.74, 6) is 0. The third-order valence-electron chi connectivity index (χ3n) is 6.13. The molecule has 0 nitrogen and oxygen atoms in total. The molecule has 5 heteroatoms. The summed E-state index contributed by atoms with van der Waals surface area (Å²) >= 11 is 13.4. The van der Waals surface area contributed by atoms with E-state index >= 15 is 0 Å². The average molecular weight is 619 g/mol. The largest absolute Gasteiger partial charge is 0.132 e. The molecule has 0 aliphatic heterocycles. The second kappa shape index (κ2) is 8.30. The number of halogens is 2. The zero-order chi connectivity index (χ0) is 23.7. The molecule has 170 valence electrons. The van der Waals surface area contributed by atoms with Crippen LogP contribution in [0.3, 0.4) is 0 Å². The Balaban J connectivity index is 1.65. The number of rotatable bonds is 2. The van der Waals surface area contributed by atoms with E-state index in [0.29, 0.717) is 0 Å². The first-order valence-electron chi connectivity index (χ1n) is 11.0. The Labute approximate surface area is 224 Å². The second-order valence-corrected chi connectivity index (χ2v) is 16.3. The third-order valence-corrected chi connectivity index (χ3v) is 11.5. The second-order valence-electron chi connectivity index (χ2n) is 10.6. The maximum atomic E-state index is 3.88. The van der Waals surface area contributed by atoms with Gasteiger partial charge in [-0.3, -0.25) is 0 Å². The molecule has 0 atom stereocenters. The SMILES string of the molecule is CC(C)(C)c1ccc(-c2c(Br)sc3c2sc2c(-c4ccc(C(C)(C)C)cc4)c(Br)sc23)cc1. The molecule has 0 saturated heterocycles. The van der Waals surface area contributed by atoms with Crippen LogP contribution in [0.4, 0.5) is 0 Å². The van der Waals surface area contributed by atoms with Gasteiger partial charge in [0.05, 0.1) is 26.4 Å². The third kappa shape index (κ3) is 4.18. The van der Waals surface area contributed by atoms with Gasteiger partial charge in [0.25, 0.3) is 0 Å². The van der Waals surface area contributed by atoms with Gasteiger partial charge in [-0.2, -0.15) is 0 Å². The number of fused-ring (bicyclic) bond motifs is 3. The van der Waals surface area contributed by atoms with Crippen LogP contribution in [0, 0.1) is 0 Å². The van der Waals surface area contributed by atoms with E-state index in [9.17, 15) is 0 Å². The Morgan fingerprint density at radius 2 is 0.818 bits per heavy atom. The molecule has 3 heterocycles. The highest BCUT2D eigenvalue weighted by molar-refractivity contribution is 9.11. The molecule has 5 aromatic rings. The summed E-state index contributed by atoms with van der Waals surface area (Å²) in [5, 5.41) is 0. The minimum Gasteiger partial charge on any atom is -0.132 e. The molecular formula is C28H26Br2S3. The lowest BCUT2D eigenvalue weighted by atomic mass is 9.86.